The molecule has 0 bridgehead atoms. The number of benzene rings is 4. The van der Waals surface area contributed by atoms with Gasteiger partial charge in [-0.15, -0.1) is 0 Å². The molecule has 75 heavy (non-hydrogen) atoms. The zero-order valence-electron chi connectivity index (χ0n) is 42.2. The van der Waals surface area contributed by atoms with Crippen molar-refractivity contribution in [2.75, 3.05) is 20.2 Å². The van der Waals surface area contributed by atoms with Gasteiger partial charge in [-0.05, 0) is 64.5 Å². The van der Waals surface area contributed by atoms with Gasteiger partial charge in [-0.1, -0.05) is 142 Å². The highest BCUT2D eigenvalue weighted by Gasteiger charge is 2.39. The van der Waals surface area contributed by atoms with Crippen molar-refractivity contribution in [2.45, 2.75) is 114 Å². The number of carboxylic acids is 3. The molecule has 0 radical (unpaired) electrons. The predicted octanol–water partition coefficient (Wildman–Crippen LogP) is 4.98. The number of likely N-dealkylation sites (N-methyl/N-ethyl adjacent to an activating group) is 1. The molecule has 19 nitrogen and oxygen atoms in total. The van der Waals surface area contributed by atoms with E-state index < -0.39 is 115 Å². The van der Waals surface area contributed by atoms with Crippen molar-refractivity contribution in [1.82, 2.24) is 31.5 Å². The quantitative estimate of drug-likeness (QED) is 0.0412. The molecule has 0 heterocycles. The lowest BCUT2D eigenvalue weighted by molar-refractivity contribution is -0.143. The molecule has 19 heteroatoms. The molecule has 6 atom stereocenters. The number of aliphatic carboxylic acids is 3. The third-order valence-corrected chi connectivity index (χ3v) is 13.6. The number of nitrogens with zero attached hydrogens (tertiary/aromatic N) is 1. The minimum absolute atomic E-state index is 0.00585. The molecule has 398 valence electrons. The highest BCUT2D eigenvalue weighted by Crippen LogP contribution is 2.44. The van der Waals surface area contributed by atoms with E-state index in [1.807, 2.05) is 62.4 Å². The standard InChI is InChI=1S/C56H66N6O13/c1-33(2)27-42(57-31-46(63)50(36-21-11-6-12-22-36)62(3)56(74)75-32-41-39-25-15-13-23-37(39)38-24-14-16-26-40(38)41)51(68)58-44(30-48(66)67)53(70)61-49(35-19-9-5-10-20-35)54(71)59-43(29-47(64)65)52(69)60-45(55(72)73)28-34-17-7-4-8-18-34/h4,6-8,11-18,21-26,33,35,41-45,49-50,57H,5,9-10,19-20,27-32H2,1-3H3,(H,58,68)(H,59,71)(H,60,69)(H,61,70)(H,64,65)(H,66,67)(H,72,73). The lowest BCUT2D eigenvalue weighted by atomic mass is 9.83. The van der Waals surface area contributed by atoms with Crippen molar-refractivity contribution in [1.29, 1.82) is 0 Å². The van der Waals surface area contributed by atoms with Crippen molar-refractivity contribution in [2.24, 2.45) is 11.8 Å². The van der Waals surface area contributed by atoms with E-state index in [1.54, 1.807) is 60.7 Å². The first kappa shape index (κ1) is 56.4. The zero-order valence-corrected chi connectivity index (χ0v) is 42.2. The molecule has 5 amide bonds. The first-order chi connectivity index (χ1) is 35.9. The molecule has 8 N–H and O–H groups in total. The van der Waals surface area contributed by atoms with Gasteiger partial charge < -0.3 is 41.3 Å². The van der Waals surface area contributed by atoms with Crippen LogP contribution in [0.5, 0.6) is 0 Å². The number of hydrogen-bond donors (Lipinski definition) is 8. The first-order valence-electron chi connectivity index (χ1n) is 25.2. The Hall–Kier alpha value is -7.93. The summed E-state index contributed by atoms with van der Waals surface area (Å²) < 4.78 is 5.91. The monoisotopic (exact) mass is 1030 g/mol. The fraction of sp³-hybridized carbons (Fsp3) is 0.411. The van der Waals surface area contributed by atoms with E-state index in [2.05, 4.69) is 26.6 Å². The van der Waals surface area contributed by atoms with Crippen LogP contribution in [0.1, 0.15) is 99.4 Å². The van der Waals surface area contributed by atoms with Crippen LogP contribution in [0.15, 0.2) is 109 Å². The summed E-state index contributed by atoms with van der Waals surface area (Å²) in [5.41, 5.74) is 5.16. The summed E-state index contributed by atoms with van der Waals surface area (Å²) in [6.07, 6.45) is 0.342. The molecule has 6 unspecified atom stereocenters. The Labute approximate surface area is 435 Å². The second-order valence-electron chi connectivity index (χ2n) is 19.5. The van der Waals surface area contributed by atoms with Crippen LogP contribution >= 0.6 is 0 Å². The molecule has 2 aliphatic rings. The second kappa shape index (κ2) is 26.9. The predicted molar refractivity (Wildman–Crippen MR) is 275 cm³/mol. The number of ketones is 1. The maximum Gasteiger partial charge on any atom is 0.410 e. The summed E-state index contributed by atoms with van der Waals surface area (Å²) in [6, 6.07) is 23.9. The first-order valence-corrected chi connectivity index (χ1v) is 25.2. The van der Waals surface area contributed by atoms with E-state index in [0.29, 0.717) is 36.8 Å². The molecule has 6 rings (SSSR count). The van der Waals surface area contributed by atoms with E-state index in [1.165, 1.54) is 11.9 Å². The molecule has 0 saturated heterocycles. The molecule has 1 fully saturated rings. The van der Waals surface area contributed by atoms with Crippen molar-refractivity contribution in [3.8, 4) is 11.1 Å². The van der Waals surface area contributed by atoms with Crippen LogP contribution in [0, 0.1) is 11.8 Å². The molecule has 2 aliphatic carbocycles. The van der Waals surface area contributed by atoms with Crippen LogP contribution in [0.3, 0.4) is 0 Å². The maximum absolute atomic E-state index is 14.3. The Morgan fingerprint density at radius 1 is 0.600 bits per heavy atom. The highest BCUT2D eigenvalue weighted by molar-refractivity contribution is 5.98. The van der Waals surface area contributed by atoms with E-state index in [9.17, 15) is 58.5 Å². The van der Waals surface area contributed by atoms with Crippen molar-refractivity contribution >= 4 is 53.4 Å². The van der Waals surface area contributed by atoms with Crippen LogP contribution in [0.25, 0.3) is 11.1 Å². The number of carbonyl (C=O) groups is 9. The molecular weight excluding hydrogens is 965 g/mol. The van der Waals surface area contributed by atoms with Gasteiger partial charge in [0.1, 0.15) is 36.8 Å². The lowest BCUT2D eigenvalue weighted by Crippen LogP contribution is -2.61. The van der Waals surface area contributed by atoms with Crippen LogP contribution in [0.2, 0.25) is 0 Å². The van der Waals surface area contributed by atoms with E-state index in [0.717, 1.165) is 28.7 Å². The number of Topliss-reactive ketones (excluding diaryl/α,β-unsaturated/α-hetero) is 1. The number of rotatable bonds is 26. The Balaban J connectivity index is 1.15. The number of nitrogens with one attached hydrogen (secondary N) is 5. The summed E-state index contributed by atoms with van der Waals surface area (Å²) in [7, 11) is 1.45. The molecule has 0 aliphatic heterocycles. The Morgan fingerprint density at radius 2 is 1.09 bits per heavy atom. The highest BCUT2D eigenvalue weighted by atomic mass is 16.6. The van der Waals surface area contributed by atoms with Gasteiger partial charge in [-0.25, -0.2) is 9.59 Å². The Bertz CT molecular complexity index is 2630. The third-order valence-electron chi connectivity index (χ3n) is 13.6. The molecule has 1 saturated carbocycles. The molecule has 4 aromatic carbocycles. The van der Waals surface area contributed by atoms with Gasteiger partial charge in [0.25, 0.3) is 0 Å². The van der Waals surface area contributed by atoms with Gasteiger partial charge in [0.15, 0.2) is 5.78 Å². The van der Waals surface area contributed by atoms with E-state index in [-0.39, 0.29) is 31.3 Å². The van der Waals surface area contributed by atoms with Gasteiger partial charge in [0.05, 0.1) is 25.4 Å². The smallest absolute Gasteiger partial charge is 0.410 e. The van der Waals surface area contributed by atoms with Gasteiger partial charge in [-0.3, -0.25) is 43.8 Å². The minimum atomic E-state index is -1.78. The maximum atomic E-state index is 14.3. The molecular formula is C56H66N6O13. The summed E-state index contributed by atoms with van der Waals surface area (Å²) >= 11 is 0. The van der Waals surface area contributed by atoms with E-state index >= 15 is 0 Å². The molecule has 4 aromatic rings. The number of hydrogen-bond acceptors (Lipinski definition) is 11. The van der Waals surface area contributed by atoms with Crippen molar-refractivity contribution in [3.05, 3.63) is 131 Å². The normalized spacial score (nSPS) is 15.6. The molecule has 0 spiro atoms. The lowest BCUT2D eigenvalue weighted by Gasteiger charge is -2.32. The average molecular weight is 1030 g/mol. The van der Waals surface area contributed by atoms with Crippen molar-refractivity contribution < 1.29 is 63.2 Å². The summed E-state index contributed by atoms with van der Waals surface area (Å²) in [5.74, 6) is -9.78. The topological polar surface area (TPSA) is 287 Å². The van der Waals surface area contributed by atoms with Crippen LogP contribution in [0.4, 0.5) is 4.79 Å². The van der Waals surface area contributed by atoms with Gasteiger partial charge in [0, 0.05) is 19.4 Å². The van der Waals surface area contributed by atoms with Gasteiger partial charge in [0.2, 0.25) is 23.6 Å². The number of amides is 5. The van der Waals surface area contributed by atoms with Crippen LogP contribution < -0.4 is 26.6 Å². The summed E-state index contributed by atoms with van der Waals surface area (Å²) in [6.45, 7) is 3.19. The van der Waals surface area contributed by atoms with Crippen LogP contribution in [-0.2, 0) is 49.5 Å². The average Bonchev–Trinajstić information content (AvgIpc) is 3.71. The fourth-order valence-electron chi connectivity index (χ4n) is 9.88. The second-order valence-corrected chi connectivity index (χ2v) is 19.5. The Morgan fingerprint density at radius 3 is 1.64 bits per heavy atom. The number of fused-ring (bicyclic) bond motifs is 3. The number of carboxylic acid groups (broad SMARTS) is 3. The van der Waals surface area contributed by atoms with Gasteiger partial charge >= 0.3 is 24.0 Å². The fourth-order valence-corrected chi connectivity index (χ4v) is 9.88. The summed E-state index contributed by atoms with van der Waals surface area (Å²) in [5, 5.41) is 42.4. The van der Waals surface area contributed by atoms with Gasteiger partial charge in [-0.2, -0.15) is 0 Å². The number of carbonyl (C=O) groups excluding carboxylic acids is 6. The summed E-state index contributed by atoms with van der Waals surface area (Å²) in [4.78, 5) is 122. The van der Waals surface area contributed by atoms with Crippen molar-refractivity contribution in [3.63, 3.8) is 0 Å². The molecule has 0 aromatic heterocycles. The SMILES string of the molecule is CC(C)CC(NCC(=O)C(c1ccccc1)N(C)C(=O)OCC1c2ccccc2-c2ccccc21)C(=O)NC(CC(=O)O)C(=O)NC(C(=O)NC(CC(=O)O)C(=O)NC(Cc1ccccc1)C(=O)O)C1CCCCC1. The van der Waals surface area contributed by atoms with Crippen LogP contribution in [-0.4, -0.2) is 124 Å². The Kier molecular flexibility index (Phi) is 20.2. The number of ether oxygens (including phenoxy) is 1. The van der Waals surface area contributed by atoms with E-state index in [4.69, 9.17) is 4.74 Å². The zero-order chi connectivity index (χ0) is 54.2. The largest absolute Gasteiger partial charge is 0.481 e. The minimum Gasteiger partial charge on any atom is -0.481 e. The third kappa shape index (κ3) is 15.5.